The standard InChI is InChI=1S/C20H36O4/c1-15(2)7-8-17(22)16(3)6-5-10-19(4)18-9-11-20(24-18,12-13-21)14-23-19/h15-16,18,21H,5-14H2,1-4H3/t16?,18-,19+,20-/m1/s1. The summed E-state index contributed by atoms with van der Waals surface area (Å²) in [4.78, 5) is 12.2. The van der Waals surface area contributed by atoms with E-state index in [2.05, 4.69) is 27.7 Å². The van der Waals surface area contributed by atoms with Crippen LogP contribution in [0.2, 0.25) is 0 Å². The van der Waals surface area contributed by atoms with Crippen molar-refractivity contribution in [2.24, 2.45) is 11.8 Å². The second-order valence-electron chi connectivity index (χ2n) is 8.60. The Labute approximate surface area is 147 Å². The number of aliphatic hydroxyl groups is 1. The quantitative estimate of drug-likeness (QED) is 0.655. The fourth-order valence-corrected chi connectivity index (χ4v) is 4.03. The van der Waals surface area contributed by atoms with Crippen LogP contribution in [0.4, 0.5) is 0 Å². The number of Topliss-reactive ketones (excluding diaryl/α,β-unsaturated/α-hetero) is 1. The van der Waals surface area contributed by atoms with Gasteiger partial charge in [-0.05, 0) is 51.4 Å². The molecule has 0 amide bonds. The van der Waals surface area contributed by atoms with Crippen molar-refractivity contribution in [3.63, 3.8) is 0 Å². The molecule has 0 aromatic heterocycles. The molecule has 2 rings (SSSR count). The zero-order chi connectivity index (χ0) is 17.8. The normalized spacial score (nSPS) is 33.8. The Kier molecular flexibility index (Phi) is 6.86. The number of carbonyl (C=O) groups is 1. The van der Waals surface area contributed by atoms with E-state index in [4.69, 9.17) is 9.47 Å². The molecule has 0 radical (unpaired) electrons. The number of ether oxygens (including phenoxy) is 2. The van der Waals surface area contributed by atoms with Gasteiger partial charge in [-0.3, -0.25) is 4.79 Å². The van der Waals surface area contributed by atoms with Crippen molar-refractivity contribution < 1.29 is 19.4 Å². The van der Waals surface area contributed by atoms with Crippen LogP contribution in [-0.2, 0) is 14.3 Å². The molecular weight excluding hydrogens is 304 g/mol. The van der Waals surface area contributed by atoms with Gasteiger partial charge in [-0.1, -0.05) is 20.8 Å². The second-order valence-corrected chi connectivity index (χ2v) is 8.60. The van der Waals surface area contributed by atoms with Crippen molar-refractivity contribution in [1.82, 2.24) is 0 Å². The molecule has 0 aliphatic carbocycles. The highest BCUT2D eigenvalue weighted by atomic mass is 16.6. The zero-order valence-electron chi connectivity index (χ0n) is 16.0. The highest BCUT2D eigenvalue weighted by molar-refractivity contribution is 5.80. The second kappa shape index (κ2) is 8.29. The Bertz CT molecular complexity index is 422. The third-order valence-corrected chi connectivity index (χ3v) is 6.00. The van der Waals surface area contributed by atoms with E-state index >= 15 is 0 Å². The summed E-state index contributed by atoms with van der Waals surface area (Å²) < 4.78 is 12.5. The first-order chi connectivity index (χ1) is 11.3. The number of rotatable bonds is 10. The molecule has 2 saturated heterocycles. The van der Waals surface area contributed by atoms with Crippen molar-refractivity contribution in [1.29, 1.82) is 0 Å². The summed E-state index contributed by atoms with van der Waals surface area (Å²) in [6, 6.07) is 0. The Morgan fingerprint density at radius 1 is 1.25 bits per heavy atom. The molecular formula is C20H36O4. The highest BCUT2D eigenvalue weighted by Crippen LogP contribution is 2.46. The average Bonchev–Trinajstić information content (AvgIpc) is 2.91. The van der Waals surface area contributed by atoms with Crippen LogP contribution in [0.1, 0.15) is 79.1 Å². The van der Waals surface area contributed by atoms with Gasteiger partial charge in [0.05, 0.1) is 23.9 Å². The SMILES string of the molecule is CC(C)CCC(=O)C(C)CCC[C@]1(C)OC[C@]2(CCO)CC[C@H]1O2. The van der Waals surface area contributed by atoms with E-state index in [0.29, 0.717) is 31.1 Å². The molecule has 0 saturated carbocycles. The van der Waals surface area contributed by atoms with E-state index in [1.165, 1.54) is 0 Å². The van der Waals surface area contributed by atoms with Gasteiger partial charge < -0.3 is 14.6 Å². The number of aliphatic hydroxyl groups excluding tert-OH is 1. The van der Waals surface area contributed by atoms with Gasteiger partial charge in [0.25, 0.3) is 0 Å². The van der Waals surface area contributed by atoms with E-state index in [0.717, 1.165) is 38.5 Å². The summed E-state index contributed by atoms with van der Waals surface area (Å²) in [5, 5.41) is 9.23. The predicted molar refractivity (Wildman–Crippen MR) is 95.0 cm³/mol. The van der Waals surface area contributed by atoms with Crippen molar-refractivity contribution >= 4 is 5.78 Å². The van der Waals surface area contributed by atoms with E-state index in [1.807, 2.05) is 0 Å². The van der Waals surface area contributed by atoms with Gasteiger partial charge in [-0.25, -0.2) is 0 Å². The van der Waals surface area contributed by atoms with Gasteiger partial charge in [-0.15, -0.1) is 0 Å². The van der Waals surface area contributed by atoms with Crippen LogP contribution in [0, 0.1) is 11.8 Å². The molecule has 0 spiro atoms. The Morgan fingerprint density at radius 3 is 2.67 bits per heavy atom. The number of fused-ring (bicyclic) bond motifs is 2. The zero-order valence-corrected chi connectivity index (χ0v) is 16.0. The molecule has 4 nitrogen and oxygen atoms in total. The molecule has 140 valence electrons. The van der Waals surface area contributed by atoms with E-state index in [9.17, 15) is 9.90 Å². The molecule has 2 heterocycles. The van der Waals surface area contributed by atoms with E-state index < -0.39 is 0 Å². The van der Waals surface area contributed by atoms with Crippen LogP contribution in [-0.4, -0.2) is 41.4 Å². The number of hydrogen-bond acceptors (Lipinski definition) is 4. The van der Waals surface area contributed by atoms with Crippen molar-refractivity contribution in [2.75, 3.05) is 13.2 Å². The largest absolute Gasteiger partial charge is 0.396 e. The maximum atomic E-state index is 12.2. The summed E-state index contributed by atoms with van der Waals surface area (Å²) in [6.07, 6.45) is 7.37. The molecule has 4 heteroatoms. The molecule has 2 aliphatic heterocycles. The summed E-state index contributed by atoms with van der Waals surface area (Å²) >= 11 is 0. The van der Waals surface area contributed by atoms with Gasteiger partial charge >= 0.3 is 0 Å². The lowest BCUT2D eigenvalue weighted by Crippen LogP contribution is -2.52. The number of ketones is 1. The molecule has 0 aromatic carbocycles. The summed E-state index contributed by atoms with van der Waals surface area (Å²) in [5.74, 6) is 1.14. The lowest BCUT2D eigenvalue weighted by atomic mass is 9.87. The minimum Gasteiger partial charge on any atom is -0.396 e. The number of carbonyl (C=O) groups excluding carboxylic acids is 1. The first-order valence-electron chi connectivity index (χ1n) is 9.75. The van der Waals surface area contributed by atoms with Crippen LogP contribution in [0.3, 0.4) is 0 Å². The smallest absolute Gasteiger partial charge is 0.135 e. The fourth-order valence-electron chi connectivity index (χ4n) is 4.03. The predicted octanol–water partition coefficient (Wildman–Crippen LogP) is 3.89. The van der Waals surface area contributed by atoms with E-state index in [-0.39, 0.29) is 29.8 Å². The molecule has 1 unspecified atom stereocenters. The first-order valence-corrected chi connectivity index (χ1v) is 9.75. The molecule has 1 N–H and O–H groups in total. The average molecular weight is 341 g/mol. The van der Waals surface area contributed by atoms with Crippen LogP contribution in [0.5, 0.6) is 0 Å². The summed E-state index contributed by atoms with van der Waals surface area (Å²) in [6.45, 7) is 9.28. The van der Waals surface area contributed by atoms with Crippen LogP contribution >= 0.6 is 0 Å². The third kappa shape index (κ3) is 4.80. The first kappa shape index (κ1) is 19.9. The lowest BCUT2D eigenvalue weighted by molar-refractivity contribution is -0.243. The van der Waals surface area contributed by atoms with Gasteiger partial charge in [-0.2, -0.15) is 0 Å². The van der Waals surface area contributed by atoms with Gasteiger partial charge in [0.1, 0.15) is 5.78 Å². The summed E-state index contributed by atoms with van der Waals surface area (Å²) in [7, 11) is 0. The van der Waals surface area contributed by atoms with Crippen molar-refractivity contribution in [3.8, 4) is 0 Å². The molecule has 2 aliphatic rings. The van der Waals surface area contributed by atoms with Crippen molar-refractivity contribution in [3.05, 3.63) is 0 Å². The Hall–Kier alpha value is -0.450. The monoisotopic (exact) mass is 340 g/mol. The molecule has 4 atom stereocenters. The maximum Gasteiger partial charge on any atom is 0.135 e. The molecule has 0 aromatic rings. The van der Waals surface area contributed by atoms with Crippen molar-refractivity contribution in [2.45, 2.75) is 96.4 Å². The Morgan fingerprint density at radius 2 is 2.00 bits per heavy atom. The lowest BCUT2D eigenvalue weighted by Gasteiger charge is -2.44. The Balaban J connectivity index is 1.75. The van der Waals surface area contributed by atoms with Gasteiger partial charge in [0.2, 0.25) is 0 Å². The minimum absolute atomic E-state index is 0.129. The topological polar surface area (TPSA) is 55.8 Å². The number of hydrogen-bond donors (Lipinski definition) is 1. The molecule has 24 heavy (non-hydrogen) atoms. The maximum absolute atomic E-state index is 12.2. The van der Waals surface area contributed by atoms with Gasteiger partial charge in [0.15, 0.2) is 0 Å². The van der Waals surface area contributed by atoms with Crippen LogP contribution < -0.4 is 0 Å². The van der Waals surface area contributed by atoms with Gasteiger partial charge in [0, 0.05) is 25.4 Å². The van der Waals surface area contributed by atoms with E-state index in [1.54, 1.807) is 0 Å². The highest BCUT2D eigenvalue weighted by Gasteiger charge is 2.53. The van der Waals surface area contributed by atoms with Crippen LogP contribution in [0.25, 0.3) is 0 Å². The minimum atomic E-state index is -0.251. The molecule has 2 fully saturated rings. The van der Waals surface area contributed by atoms with Crippen LogP contribution in [0.15, 0.2) is 0 Å². The fraction of sp³-hybridized carbons (Fsp3) is 0.950. The third-order valence-electron chi connectivity index (χ3n) is 6.00. The summed E-state index contributed by atoms with van der Waals surface area (Å²) in [5.41, 5.74) is -0.491. The molecule has 2 bridgehead atoms.